The smallest absolute Gasteiger partial charge is 0.246 e. The van der Waals surface area contributed by atoms with Crippen LogP contribution in [-0.2, 0) is 9.59 Å². The van der Waals surface area contributed by atoms with E-state index in [0.29, 0.717) is 38.3 Å². The van der Waals surface area contributed by atoms with Crippen molar-refractivity contribution in [3.63, 3.8) is 0 Å². The Morgan fingerprint density at radius 1 is 1.22 bits per heavy atom. The molecule has 1 aromatic rings. The molecule has 27 heavy (non-hydrogen) atoms. The first kappa shape index (κ1) is 20.9. The Morgan fingerprint density at radius 3 is 2.44 bits per heavy atom. The van der Waals surface area contributed by atoms with Crippen LogP contribution in [0.25, 0.3) is 6.08 Å². The van der Waals surface area contributed by atoms with E-state index < -0.39 is 5.82 Å². The maximum absolute atomic E-state index is 13.7. The first-order valence-electron chi connectivity index (χ1n) is 9.02. The number of carbonyl (C=O) groups is 2. The van der Waals surface area contributed by atoms with E-state index in [1.165, 1.54) is 25.3 Å². The van der Waals surface area contributed by atoms with E-state index in [4.69, 9.17) is 4.74 Å². The molecule has 0 saturated carbocycles. The molecule has 1 aromatic carbocycles. The van der Waals surface area contributed by atoms with Crippen molar-refractivity contribution in [2.75, 3.05) is 39.8 Å². The highest BCUT2D eigenvalue weighted by molar-refractivity contribution is 5.91. The zero-order chi connectivity index (χ0) is 20.0. The van der Waals surface area contributed by atoms with Gasteiger partial charge in [-0.1, -0.05) is 6.07 Å². The number of ether oxygens (including phenoxy) is 1. The molecule has 1 N–H and O–H groups in total. The minimum absolute atomic E-state index is 0.0105. The number of rotatable bonds is 5. The Labute approximate surface area is 160 Å². The van der Waals surface area contributed by atoms with E-state index in [0.717, 1.165) is 0 Å². The molecule has 0 unspecified atom stereocenters. The number of piperazine rings is 1. The molecule has 0 aromatic heterocycles. The summed E-state index contributed by atoms with van der Waals surface area (Å²) in [5.74, 6) is -0.423. The maximum atomic E-state index is 13.7. The van der Waals surface area contributed by atoms with Crippen molar-refractivity contribution < 1.29 is 18.7 Å². The standard InChI is InChI=1S/C20H28FN3O3/c1-20(2,3)22-18(25)14-23-9-11-24(12-10-23)19(26)8-6-15-5-7-17(27-4)16(21)13-15/h5-8,13H,9-12,14H2,1-4H3,(H,22,25). The van der Waals surface area contributed by atoms with Gasteiger partial charge in [-0.3, -0.25) is 14.5 Å². The van der Waals surface area contributed by atoms with E-state index in [9.17, 15) is 14.0 Å². The predicted octanol–water partition coefficient (Wildman–Crippen LogP) is 1.91. The van der Waals surface area contributed by atoms with E-state index in [2.05, 4.69) is 5.32 Å². The molecule has 1 aliphatic heterocycles. The topological polar surface area (TPSA) is 61.9 Å². The summed E-state index contributed by atoms with van der Waals surface area (Å²) in [6.45, 7) is 8.59. The van der Waals surface area contributed by atoms with Crippen LogP contribution in [0, 0.1) is 5.82 Å². The van der Waals surface area contributed by atoms with Crippen LogP contribution in [0.1, 0.15) is 26.3 Å². The van der Waals surface area contributed by atoms with Crippen molar-refractivity contribution in [3.05, 3.63) is 35.7 Å². The Morgan fingerprint density at radius 2 is 1.89 bits per heavy atom. The molecular weight excluding hydrogens is 349 g/mol. The molecule has 1 fully saturated rings. The number of nitrogens with one attached hydrogen (secondary N) is 1. The van der Waals surface area contributed by atoms with Gasteiger partial charge in [0.2, 0.25) is 11.8 Å². The van der Waals surface area contributed by atoms with Crippen molar-refractivity contribution in [2.45, 2.75) is 26.3 Å². The van der Waals surface area contributed by atoms with Gasteiger partial charge < -0.3 is 15.0 Å². The second-order valence-corrected chi connectivity index (χ2v) is 7.63. The molecule has 6 nitrogen and oxygen atoms in total. The zero-order valence-electron chi connectivity index (χ0n) is 16.4. The summed E-state index contributed by atoms with van der Waals surface area (Å²) in [6, 6.07) is 4.55. The highest BCUT2D eigenvalue weighted by Crippen LogP contribution is 2.18. The number of hydrogen-bond acceptors (Lipinski definition) is 4. The van der Waals surface area contributed by atoms with E-state index in [1.54, 1.807) is 17.0 Å². The highest BCUT2D eigenvalue weighted by Gasteiger charge is 2.22. The van der Waals surface area contributed by atoms with Crippen molar-refractivity contribution in [1.29, 1.82) is 0 Å². The summed E-state index contributed by atoms with van der Waals surface area (Å²) >= 11 is 0. The van der Waals surface area contributed by atoms with Crippen molar-refractivity contribution in [2.24, 2.45) is 0 Å². The van der Waals surface area contributed by atoms with Gasteiger partial charge >= 0.3 is 0 Å². The third-order valence-corrected chi connectivity index (χ3v) is 4.16. The molecule has 0 radical (unpaired) electrons. The Bertz CT molecular complexity index is 705. The summed E-state index contributed by atoms with van der Waals surface area (Å²) in [4.78, 5) is 28.1. The van der Waals surface area contributed by atoms with E-state index in [-0.39, 0.29) is 23.1 Å². The van der Waals surface area contributed by atoms with Gasteiger partial charge in [0, 0.05) is 37.8 Å². The van der Waals surface area contributed by atoms with E-state index in [1.807, 2.05) is 25.7 Å². The summed E-state index contributed by atoms with van der Waals surface area (Å²) in [5.41, 5.74) is 0.347. The van der Waals surface area contributed by atoms with Crippen LogP contribution in [0.2, 0.25) is 0 Å². The van der Waals surface area contributed by atoms with Gasteiger partial charge in [-0.05, 0) is 44.5 Å². The summed E-state index contributed by atoms with van der Waals surface area (Å²) < 4.78 is 18.6. The summed E-state index contributed by atoms with van der Waals surface area (Å²) in [6.07, 6.45) is 3.04. The second kappa shape index (κ2) is 8.99. The third-order valence-electron chi connectivity index (χ3n) is 4.16. The molecule has 1 aliphatic rings. The quantitative estimate of drug-likeness (QED) is 0.797. The van der Waals surface area contributed by atoms with Crippen LogP contribution < -0.4 is 10.1 Å². The Balaban J connectivity index is 1.82. The van der Waals surface area contributed by atoms with Crippen LogP contribution in [-0.4, -0.2) is 67.0 Å². The van der Waals surface area contributed by atoms with Crippen LogP contribution in [0.3, 0.4) is 0 Å². The number of benzene rings is 1. The van der Waals surface area contributed by atoms with Crippen LogP contribution >= 0.6 is 0 Å². The lowest BCUT2D eigenvalue weighted by atomic mass is 10.1. The van der Waals surface area contributed by atoms with Crippen LogP contribution in [0.15, 0.2) is 24.3 Å². The molecular formula is C20H28FN3O3. The zero-order valence-corrected chi connectivity index (χ0v) is 16.4. The normalized spacial score (nSPS) is 15.8. The molecule has 1 heterocycles. The lowest BCUT2D eigenvalue weighted by molar-refractivity contribution is -0.128. The van der Waals surface area contributed by atoms with Gasteiger partial charge in [0.1, 0.15) is 0 Å². The lowest BCUT2D eigenvalue weighted by Gasteiger charge is -2.34. The van der Waals surface area contributed by atoms with Crippen molar-refractivity contribution in [1.82, 2.24) is 15.1 Å². The highest BCUT2D eigenvalue weighted by atomic mass is 19.1. The fourth-order valence-electron chi connectivity index (χ4n) is 2.85. The molecule has 0 spiro atoms. The molecule has 0 atom stereocenters. The van der Waals surface area contributed by atoms with Crippen LogP contribution in [0.4, 0.5) is 4.39 Å². The van der Waals surface area contributed by atoms with Crippen LogP contribution in [0.5, 0.6) is 5.75 Å². The molecule has 2 rings (SSSR count). The number of carbonyl (C=O) groups excluding carboxylic acids is 2. The second-order valence-electron chi connectivity index (χ2n) is 7.63. The maximum Gasteiger partial charge on any atom is 0.246 e. The van der Waals surface area contributed by atoms with Gasteiger partial charge in [-0.15, -0.1) is 0 Å². The number of hydrogen-bond donors (Lipinski definition) is 1. The monoisotopic (exact) mass is 377 g/mol. The van der Waals surface area contributed by atoms with Gasteiger partial charge in [0.15, 0.2) is 11.6 Å². The first-order chi connectivity index (χ1) is 12.7. The van der Waals surface area contributed by atoms with Crippen molar-refractivity contribution >= 4 is 17.9 Å². The SMILES string of the molecule is COc1ccc(C=CC(=O)N2CCN(CC(=O)NC(C)(C)C)CC2)cc1F. The molecule has 148 valence electrons. The molecule has 2 amide bonds. The van der Waals surface area contributed by atoms with Crippen molar-refractivity contribution in [3.8, 4) is 5.75 Å². The third kappa shape index (κ3) is 6.67. The van der Waals surface area contributed by atoms with Gasteiger partial charge in [0.25, 0.3) is 0 Å². The fraction of sp³-hybridized carbons (Fsp3) is 0.500. The Hall–Kier alpha value is -2.41. The van der Waals surface area contributed by atoms with Gasteiger partial charge in [-0.25, -0.2) is 4.39 Å². The average molecular weight is 377 g/mol. The molecule has 1 saturated heterocycles. The first-order valence-corrected chi connectivity index (χ1v) is 9.02. The number of nitrogens with zero attached hydrogens (tertiary/aromatic N) is 2. The van der Waals surface area contributed by atoms with E-state index >= 15 is 0 Å². The average Bonchev–Trinajstić information content (AvgIpc) is 2.58. The lowest BCUT2D eigenvalue weighted by Crippen LogP contribution is -2.52. The Kier molecular flexibility index (Phi) is 6.96. The summed E-state index contributed by atoms with van der Waals surface area (Å²) in [5, 5.41) is 2.94. The number of halogens is 1. The predicted molar refractivity (Wildman–Crippen MR) is 103 cm³/mol. The summed E-state index contributed by atoms with van der Waals surface area (Å²) in [7, 11) is 1.41. The van der Waals surface area contributed by atoms with Gasteiger partial charge in [-0.2, -0.15) is 0 Å². The number of amides is 2. The molecule has 0 bridgehead atoms. The fourth-order valence-corrected chi connectivity index (χ4v) is 2.85. The molecule has 0 aliphatic carbocycles. The largest absolute Gasteiger partial charge is 0.494 e. The molecule has 7 heteroatoms. The minimum Gasteiger partial charge on any atom is -0.494 e. The number of methoxy groups -OCH3 is 1. The van der Waals surface area contributed by atoms with Gasteiger partial charge in [0.05, 0.1) is 13.7 Å². The minimum atomic E-state index is -0.464.